The van der Waals surface area contributed by atoms with Crippen molar-refractivity contribution in [2.75, 3.05) is 31.6 Å². The molecule has 2 aromatic carbocycles. The lowest BCUT2D eigenvalue weighted by Gasteiger charge is -2.20. The van der Waals surface area contributed by atoms with Crippen LogP contribution in [0.5, 0.6) is 11.5 Å². The van der Waals surface area contributed by atoms with Crippen LogP contribution in [0.25, 0.3) is 5.69 Å². The fraction of sp³-hybridized carbons (Fsp3) is 0.238. The van der Waals surface area contributed by atoms with E-state index in [2.05, 4.69) is 15.5 Å². The van der Waals surface area contributed by atoms with E-state index in [-0.39, 0.29) is 24.1 Å². The number of benzene rings is 2. The molecule has 1 aliphatic heterocycles. The fourth-order valence-electron chi connectivity index (χ4n) is 3.03. The van der Waals surface area contributed by atoms with Crippen LogP contribution in [0.3, 0.4) is 0 Å². The van der Waals surface area contributed by atoms with Crippen LogP contribution in [-0.4, -0.2) is 58.0 Å². The molecule has 3 aromatic rings. The van der Waals surface area contributed by atoms with Gasteiger partial charge in [0.25, 0.3) is 5.91 Å². The summed E-state index contributed by atoms with van der Waals surface area (Å²) in [6.07, 6.45) is 1.40. The van der Waals surface area contributed by atoms with Crippen LogP contribution in [0.15, 0.2) is 54.7 Å². The summed E-state index contributed by atoms with van der Waals surface area (Å²) in [4.78, 5) is 28.1. The van der Waals surface area contributed by atoms with Crippen molar-refractivity contribution in [3.05, 3.63) is 60.4 Å². The summed E-state index contributed by atoms with van der Waals surface area (Å²) in [7, 11) is 0. The van der Waals surface area contributed by atoms with Crippen molar-refractivity contribution < 1.29 is 19.1 Å². The van der Waals surface area contributed by atoms with Gasteiger partial charge < -0.3 is 19.7 Å². The molecule has 0 spiro atoms. The number of ether oxygens (including phenoxy) is 2. The van der Waals surface area contributed by atoms with Crippen LogP contribution in [0.2, 0.25) is 0 Å². The van der Waals surface area contributed by atoms with Gasteiger partial charge in [0, 0.05) is 18.3 Å². The molecule has 9 heteroatoms. The number of hydrogen-bond acceptors (Lipinski definition) is 6. The summed E-state index contributed by atoms with van der Waals surface area (Å²) >= 11 is 0. The third kappa shape index (κ3) is 4.24. The second-order valence-corrected chi connectivity index (χ2v) is 6.58. The number of likely N-dealkylation sites (N-methyl/N-ethyl adjacent to an activating group) is 1. The zero-order chi connectivity index (χ0) is 20.9. The molecule has 0 atom stereocenters. The molecule has 9 nitrogen and oxygen atoms in total. The molecule has 0 unspecified atom stereocenters. The molecular weight excluding hydrogens is 386 g/mol. The van der Waals surface area contributed by atoms with E-state index in [0.717, 1.165) is 5.69 Å². The van der Waals surface area contributed by atoms with E-state index >= 15 is 0 Å². The topological polar surface area (TPSA) is 98.6 Å². The molecule has 0 radical (unpaired) electrons. The Morgan fingerprint density at radius 3 is 2.63 bits per heavy atom. The Hall–Kier alpha value is -3.88. The average Bonchev–Trinajstić information content (AvgIpc) is 3.28. The highest BCUT2D eigenvalue weighted by molar-refractivity contribution is 5.98. The molecule has 0 saturated carbocycles. The van der Waals surface area contributed by atoms with E-state index in [9.17, 15) is 9.59 Å². The number of nitrogens with one attached hydrogen (secondary N) is 1. The molecular formula is C21H21N5O4. The Morgan fingerprint density at radius 2 is 1.87 bits per heavy atom. The minimum Gasteiger partial charge on any atom is -0.486 e. The third-order valence-electron chi connectivity index (χ3n) is 4.53. The number of aromatic nitrogens is 3. The summed E-state index contributed by atoms with van der Waals surface area (Å²) in [5, 5.41) is 11.2. The maximum atomic E-state index is 12.8. The van der Waals surface area contributed by atoms with Gasteiger partial charge in [0.15, 0.2) is 17.2 Å². The smallest absolute Gasteiger partial charge is 0.276 e. The van der Waals surface area contributed by atoms with Gasteiger partial charge in [-0.15, -0.1) is 5.10 Å². The Bertz CT molecular complexity index is 1050. The maximum Gasteiger partial charge on any atom is 0.276 e. The lowest BCUT2D eigenvalue weighted by atomic mass is 10.2. The highest BCUT2D eigenvalue weighted by atomic mass is 16.6. The number of anilines is 1. The number of rotatable bonds is 6. The number of nitrogens with zero attached hydrogens (tertiary/aromatic N) is 4. The van der Waals surface area contributed by atoms with Crippen LogP contribution in [-0.2, 0) is 4.79 Å². The molecule has 0 bridgehead atoms. The fourth-order valence-corrected chi connectivity index (χ4v) is 3.03. The van der Waals surface area contributed by atoms with Crippen molar-refractivity contribution in [3.8, 4) is 17.2 Å². The number of carbonyl (C=O) groups excluding carboxylic acids is 2. The molecule has 1 N–H and O–H groups in total. The van der Waals surface area contributed by atoms with Gasteiger partial charge in [0.1, 0.15) is 19.8 Å². The largest absolute Gasteiger partial charge is 0.486 e. The van der Waals surface area contributed by atoms with Gasteiger partial charge in [-0.25, -0.2) is 0 Å². The van der Waals surface area contributed by atoms with E-state index in [1.165, 1.54) is 15.9 Å². The van der Waals surface area contributed by atoms with Gasteiger partial charge in [-0.2, -0.15) is 9.90 Å². The van der Waals surface area contributed by atoms with Gasteiger partial charge in [0.2, 0.25) is 5.91 Å². The van der Waals surface area contributed by atoms with Crippen molar-refractivity contribution in [1.82, 2.24) is 19.9 Å². The Balaban J connectivity index is 1.41. The lowest BCUT2D eigenvalue weighted by molar-refractivity contribution is -0.116. The minimum atomic E-state index is -0.364. The second kappa shape index (κ2) is 8.64. The quantitative estimate of drug-likeness (QED) is 0.672. The summed E-state index contributed by atoms with van der Waals surface area (Å²) in [5.41, 5.74) is 1.49. The van der Waals surface area contributed by atoms with Gasteiger partial charge in [0.05, 0.1) is 11.9 Å². The molecule has 1 aliphatic rings. The molecule has 0 aliphatic carbocycles. The Kier molecular flexibility index (Phi) is 5.60. The molecule has 154 valence electrons. The van der Waals surface area contributed by atoms with Crippen LogP contribution in [0.4, 0.5) is 5.69 Å². The average molecular weight is 407 g/mol. The minimum absolute atomic E-state index is 0.109. The number of fused-ring (bicyclic) bond motifs is 1. The summed E-state index contributed by atoms with van der Waals surface area (Å²) in [6.45, 7) is 3.01. The second-order valence-electron chi connectivity index (χ2n) is 6.58. The SMILES string of the molecule is CCN(CC(=O)Nc1ccc2c(c1)OCCO2)C(=O)c1cnn(-c2ccccc2)n1. The number of para-hydroxylation sites is 1. The van der Waals surface area contributed by atoms with E-state index in [0.29, 0.717) is 36.9 Å². The van der Waals surface area contributed by atoms with E-state index in [1.54, 1.807) is 25.1 Å². The van der Waals surface area contributed by atoms with E-state index in [1.807, 2.05) is 30.3 Å². The number of amides is 2. The van der Waals surface area contributed by atoms with Crippen LogP contribution < -0.4 is 14.8 Å². The van der Waals surface area contributed by atoms with Crippen molar-refractivity contribution in [3.63, 3.8) is 0 Å². The van der Waals surface area contributed by atoms with E-state index in [4.69, 9.17) is 9.47 Å². The van der Waals surface area contributed by atoms with Crippen LogP contribution in [0, 0.1) is 0 Å². The van der Waals surface area contributed by atoms with Crippen LogP contribution >= 0.6 is 0 Å². The van der Waals surface area contributed by atoms with Gasteiger partial charge in [-0.1, -0.05) is 18.2 Å². The molecule has 2 heterocycles. The lowest BCUT2D eigenvalue weighted by Crippen LogP contribution is -2.38. The Labute approximate surface area is 173 Å². The predicted octanol–water partition coefficient (Wildman–Crippen LogP) is 2.14. The third-order valence-corrected chi connectivity index (χ3v) is 4.53. The highest BCUT2D eigenvalue weighted by Crippen LogP contribution is 2.32. The molecule has 30 heavy (non-hydrogen) atoms. The summed E-state index contributed by atoms with van der Waals surface area (Å²) < 4.78 is 11.0. The van der Waals surface area contributed by atoms with Crippen molar-refractivity contribution in [1.29, 1.82) is 0 Å². The zero-order valence-electron chi connectivity index (χ0n) is 16.4. The van der Waals surface area contributed by atoms with Gasteiger partial charge in [-0.3, -0.25) is 9.59 Å². The first-order valence-corrected chi connectivity index (χ1v) is 9.60. The summed E-state index contributed by atoms with van der Waals surface area (Å²) in [5.74, 6) is 0.542. The Morgan fingerprint density at radius 1 is 1.10 bits per heavy atom. The van der Waals surface area contributed by atoms with Crippen molar-refractivity contribution in [2.45, 2.75) is 6.92 Å². The number of carbonyl (C=O) groups is 2. The van der Waals surface area contributed by atoms with Crippen LogP contribution in [0.1, 0.15) is 17.4 Å². The first-order valence-electron chi connectivity index (χ1n) is 9.60. The number of hydrogen-bond donors (Lipinski definition) is 1. The van der Waals surface area contributed by atoms with E-state index < -0.39 is 0 Å². The molecule has 0 fully saturated rings. The molecule has 0 saturated heterocycles. The standard InChI is InChI=1S/C21H21N5O4/c1-2-25(21(28)17-13-22-26(24-17)16-6-4-3-5-7-16)14-20(27)23-15-8-9-18-19(12-15)30-11-10-29-18/h3-9,12-13H,2,10-11,14H2,1H3,(H,23,27). The molecule has 1 aromatic heterocycles. The normalized spacial score (nSPS) is 12.3. The zero-order valence-corrected chi connectivity index (χ0v) is 16.4. The van der Waals surface area contributed by atoms with Gasteiger partial charge in [-0.05, 0) is 31.2 Å². The van der Waals surface area contributed by atoms with Gasteiger partial charge >= 0.3 is 0 Å². The first-order chi connectivity index (χ1) is 14.6. The van der Waals surface area contributed by atoms with Crippen molar-refractivity contribution >= 4 is 17.5 Å². The summed E-state index contributed by atoms with van der Waals surface area (Å²) in [6, 6.07) is 14.5. The monoisotopic (exact) mass is 407 g/mol. The molecule has 2 amide bonds. The van der Waals surface area contributed by atoms with Crippen molar-refractivity contribution in [2.24, 2.45) is 0 Å². The highest BCUT2D eigenvalue weighted by Gasteiger charge is 2.21. The predicted molar refractivity (Wildman–Crippen MR) is 109 cm³/mol. The maximum absolute atomic E-state index is 12.8. The molecule has 4 rings (SSSR count). The first kappa shape index (κ1) is 19.4.